The van der Waals surface area contributed by atoms with E-state index in [1.165, 1.54) is 12.1 Å². The van der Waals surface area contributed by atoms with E-state index >= 15 is 0 Å². The Morgan fingerprint density at radius 2 is 1.58 bits per heavy atom. The van der Waals surface area contributed by atoms with Gasteiger partial charge in [-0.2, -0.15) is 0 Å². The Hall–Kier alpha value is -2.41. The zero-order chi connectivity index (χ0) is 19.3. The highest BCUT2D eigenvalue weighted by atomic mass is 32.2. The first-order valence-corrected chi connectivity index (χ1v) is 9.82. The van der Waals surface area contributed by atoms with E-state index in [9.17, 15) is 17.6 Å². The van der Waals surface area contributed by atoms with E-state index < -0.39 is 15.8 Å². The van der Waals surface area contributed by atoms with E-state index in [2.05, 4.69) is 10.0 Å². The monoisotopic (exact) mass is 378 g/mol. The van der Waals surface area contributed by atoms with Crippen LogP contribution in [0.3, 0.4) is 0 Å². The SMILES string of the molecule is CC(C)[C@@H](C)NC(=O)Cc1ccc(NS(=O)(=O)c2ccc(F)cc2)cc1. The van der Waals surface area contributed by atoms with Crippen molar-refractivity contribution in [1.82, 2.24) is 5.32 Å². The minimum Gasteiger partial charge on any atom is -0.353 e. The Labute approximate surface area is 153 Å². The van der Waals surface area contributed by atoms with Gasteiger partial charge in [0.2, 0.25) is 5.91 Å². The van der Waals surface area contributed by atoms with E-state index in [0.29, 0.717) is 11.6 Å². The van der Waals surface area contributed by atoms with Gasteiger partial charge in [-0.1, -0.05) is 26.0 Å². The van der Waals surface area contributed by atoms with Crippen molar-refractivity contribution in [3.05, 3.63) is 59.9 Å². The average molecular weight is 378 g/mol. The topological polar surface area (TPSA) is 75.3 Å². The molecule has 0 aromatic heterocycles. The molecule has 0 aliphatic rings. The molecule has 0 aliphatic carbocycles. The first-order chi connectivity index (χ1) is 12.2. The van der Waals surface area contributed by atoms with Crippen LogP contribution in [-0.4, -0.2) is 20.4 Å². The molecule has 2 rings (SSSR count). The molecule has 0 aliphatic heterocycles. The molecule has 1 amide bonds. The lowest BCUT2D eigenvalue weighted by Crippen LogP contribution is -2.37. The second-order valence-corrected chi connectivity index (χ2v) is 8.22. The molecule has 2 aromatic rings. The van der Waals surface area contributed by atoms with Gasteiger partial charge in [-0.25, -0.2) is 12.8 Å². The molecule has 7 heteroatoms. The predicted octanol–water partition coefficient (Wildman–Crippen LogP) is 3.33. The number of halogens is 1. The van der Waals surface area contributed by atoms with Gasteiger partial charge in [0.15, 0.2) is 0 Å². The summed E-state index contributed by atoms with van der Waals surface area (Å²) in [7, 11) is -3.79. The molecule has 0 heterocycles. The van der Waals surface area contributed by atoms with Crippen LogP contribution >= 0.6 is 0 Å². The summed E-state index contributed by atoms with van der Waals surface area (Å²) >= 11 is 0. The van der Waals surface area contributed by atoms with E-state index in [1.54, 1.807) is 24.3 Å². The van der Waals surface area contributed by atoms with Crippen LogP contribution in [0.4, 0.5) is 10.1 Å². The number of sulfonamides is 1. The molecule has 0 saturated carbocycles. The van der Waals surface area contributed by atoms with E-state index in [4.69, 9.17) is 0 Å². The highest BCUT2D eigenvalue weighted by Crippen LogP contribution is 2.17. The van der Waals surface area contributed by atoms with Crippen LogP contribution in [-0.2, 0) is 21.2 Å². The first-order valence-electron chi connectivity index (χ1n) is 8.34. The Morgan fingerprint density at radius 3 is 2.12 bits per heavy atom. The number of anilines is 1. The summed E-state index contributed by atoms with van der Waals surface area (Å²) in [6.45, 7) is 6.02. The fourth-order valence-electron chi connectivity index (χ4n) is 2.18. The fraction of sp³-hybridized carbons (Fsp3) is 0.316. The van der Waals surface area contributed by atoms with E-state index in [-0.39, 0.29) is 23.3 Å². The second-order valence-electron chi connectivity index (χ2n) is 6.53. The van der Waals surface area contributed by atoms with Crippen LogP contribution in [0.25, 0.3) is 0 Å². The first kappa shape index (κ1) is 19.9. The van der Waals surface area contributed by atoms with Gasteiger partial charge < -0.3 is 5.32 Å². The lowest BCUT2D eigenvalue weighted by Gasteiger charge is -2.17. The van der Waals surface area contributed by atoms with Gasteiger partial charge in [-0.15, -0.1) is 0 Å². The van der Waals surface area contributed by atoms with Gasteiger partial charge in [0.1, 0.15) is 5.82 Å². The van der Waals surface area contributed by atoms with Crippen molar-refractivity contribution in [2.75, 3.05) is 4.72 Å². The molecule has 5 nitrogen and oxygen atoms in total. The van der Waals surface area contributed by atoms with Gasteiger partial charge >= 0.3 is 0 Å². The largest absolute Gasteiger partial charge is 0.353 e. The summed E-state index contributed by atoms with van der Waals surface area (Å²) in [5.41, 5.74) is 1.15. The highest BCUT2D eigenvalue weighted by Gasteiger charge is 2.15. The number of benzene rings is 2. The summed E-state index contributed by atoms with van der Waals surface area (Å²) in [4.78, 5) is 12.0. The maximum Gasteiger partial charge on any atom is 0.261 e. The summed E-state index contributed by atoms with van der Waals surface area (Å²) < 4.78 is 39.9. The van der Waals surface area contributed by atoms with Crippen molar-refractivity contribution in [3.63, 3.8) is 0 Å². The van der Waals surface area contributed by atoms with Crippen LogP contribution in [0.1, 0.15) is 26.3 Å². The second kappa shape index (κ2) is 8.31. The van der Waals surface area contributed by atoms with Crippen molar-refractivity contribution in [2.24, 2.45) is 5.92 Å². The predicted molar refractivity (Wildman–Crippen MR) is 99.8 cm³/mol. The Balaban J connectivity index is 2.01. The summed E-state index contributed by atoms with van der Waals surface area (Å²) in [5.74, 6) is -0.230. The van der Waals surface area contributed by atoms with Crippen molar-refractivity contribution in [2.45, 2.75) is 38.1 Å². The number of hydrogen-bond acceptors (Lipinski definition) is 3. The Bertz CT molecular complexity index is 847. The highest BCUT2D eigenvalue weighted by molar-refractivity contribution is 7.92. The smallest absolute Gasteiger partial charge is 0.261 e. The zero-order valence-electron chi connectivity index (χ0n) is 15.0. The number of carbonyl (C=O) groups is 1. The molecule has 0 unspecified atom stereocenters. The van der Waals surface area contributed by atoms with Gasteiger partial charge in [0.05, 0.1) is 11.3 Å². The molecular formula is C19H23FN2O3S. The van der Waals surface area contributed by atoms with Crippen molar-refractivity contribution in [1.29, 1.82) is 0 Å². The van der Waals surface area contributed by atoms with E-state index in [1.807, 2.05) is 20.8 Å². The van der Waals surface area contributed by atoms with Crippen LogP contribution in [0.5, 0.6) is 0 Å². The summed E-state index contributed by atoms with van der Waals surface area (Å²) in [6.07, 6.45) is 0.224. The molecule has 140 valence electrons. The summed E-state index contributed by atoms with van der Waals surface area (Å²) in [6, 6.07) is 11.3. The Kier molecular flexibility index (Phi) is 6.37. The molecule has 0 radical (unpaired) electrons. The molecule has 0 fully saturated rings. The van der Waals surface area contributed by atoms with Crippen LogP contribution < -0.4 is 10.0 Å². The molecule has 26 heavy (non-hydrogen) atoms. The molecule has 2 N–H and O–H groups in total. The molecule has 1 atom stereocenters. The molecule has 0 bridgehead atoms. The number of amides is 1. The molecule has 2 aromatic carbocycles. The quantitative estimate of drug-likeness (QED) is 0.776. The maximum atomic E-state index is 12.9. The fourth-order valence-corrected chi connectivity index (χ4v) is 3.23. The third-order valence-corrected chi connectivity index (χ3v) is 5.48. The molecule has 0 saturated heterocycles. The van der Waals surface area contributed by atoms with Crippen LogP contribution in [0, 0.1) is 11.7 Å². The number of nitrogens with one attached hydrogen (secondary N) is 2. The lowest BCUT2D eigenvalue weighted by molar-refractivity contribution is -0.121. The number of hydrogen-bond donors (Lipinski definition) is 2. The van der Waals surface area contributed by atoms with Crippen LogP contribution in [0.15, 0.2) is 53.4 Å². The number of rotatable bonds is 7. The maximum absolute atomic E-state index is 12.9. The summed E-state index contributed by atoms with van der Waals surface area (Å²) in [5, 5.41) is 2.93. The minimum absolute atomic E-state index is 0.0231. The third-order valence-electron chi connectivity index (χ3n) is 4.08. The average Bonchev–Trinajstić information content (AvgIpc) is 2.56. The van der Waals surface area contributed by atoms with Gasteiger partial charge in [-0.05, 0) is 54.8 Å². The molecular weight excluding hydrogens is 355 g/mol. The van der Waals surface area contributed by atoms with Crippen molar-refractivity contribution < 1.29 is 17.6 Å². The van der Waals surface area contributed by atoms with Gasteiger partial charge in [0.25, 0.3) is 10.0 Å². The van der Waals surface area contributed by atoms with Crippen molar-refractivity contribution in [3.8, 4) is 0 Å². The van der Waals surface area contributed by atoms with Gasteiger partial charge in [-0.3, -0.25) is 9.52 Å². The van der Waals surface area contributed by atoms with Gasteiger partial charge in [0, 0.05) is 11.7 Å². The van der Waals surface area contributed by atoms with Crippen LogP contribution in [0.2, 0.25) is 0 Å². The number of carbonyl (C=O) groups excluding carboxylic acids is 1. The normalized spacial score (nSPS) is 12.7. The molecule has 0 spiro atoms. The Morgan fingerprint density at radius 1 is 1.00 bits per heavy atom. The zero-order valence-corrected chi connectivity index (χ0v) is 15.8. The third kappa shape index (κ3) is 5.56. The van der Waals surface area contributed by atoms with E-state index in [0.717, 1.165) is 17.7 Å². The lowest BCUT2D eigenvalue weighted by atomic mass is 10.1. The standard InChI is InChI=1S/C19H23FN2O3S/c1-13(2)14(3)21-19(23)12-15-4-8-17(9-5-15)22-26(24,25)18-10-6-16(20)7-11-18/h4-11,13-14,22H,12H2,1-3H3,(H,21,23)/t14-/m1/s1. The van der Waals surface area contributed by atoms with Crippen molar-refractivity contribution >= 4 is 21.6 Å². The minimum atomic E-state index is -3.79.